The van der Waals surface area contributed by atoms with E-state index in [9.17, 15) is 0 Å². The lowest BCUT2D eigenvalue weighted by atomic mass is 9.91. The van der Waals surface area contributed by atoms with Crippen LogP contribution in [-0.4, -0.2) is 12.6 Å². The van der Waals surface area contributed by atoms with Crippen LogP contribution < -0.4 is 10.5 Å². The zero-order valence-electron chi connectivity index (χ0n) is 8.79. The largest absolute Gasteiger partial charge is 0.493 e. The normalized spacial score (nSPS) is 22.4. The smallest absolute Gasteiger partial charge is 0.122 e. The summed E-state index contributed by atoms with van der Waals surface area (Å²) < 4.78 is 5.70. The van der Waals surface area contributed by atoms with Crippen LogP contribution in [0.4, 0.5) is 0 Å². The van der Waals surface area contributed by atoms with Crippen LogP contribution in [0.3, 0.4) is 0 Å². The molecule has 0 saturated carbocycles. The van der Waals surface area contributed by atoms with E-state index < -0.39 is 0 Å². The molecule has 76 valence electrons. The molecule has 2 N–H and O–H groups in total. The van der Waals surface area contributed by atoms with Crippen molar-refractivity contribution in [2.24, 2.45) is 11.7 Å². The zero-order chi connectivity index (χ0) is 10.1. The van der Waals surface area contributed by atoms with Gasteiger partial charge in [0.1, 0.15) is 5.75 Å². The van der Waals surface area contributed by atoms with Crippen molar-refractivity contribution in [3.05, 3.63) is 29.3 Å². The topological polar surface area (TPSA) is 35.2 Å². The van der Waals surface area contributed by atoms with Crippen molar-refractivity contribution in [1.82, 2.24) is 0 Å². The van der Waals surface area contributed by atoms with E-state index in [1.165, 1.54) is 11.1 Å². The highest BCUT2D eigenvalue weighted by Crippen LogP contribution is 2.28. The summed E-state index contributed by atoms with van der Waals surface area (Å²) >= 11 is 0. The molecular weight excluding hydrogens is 174 g/mol. The third-order valence-corrected chi connectivity index (χ3v) is 2.90. The molecule has 0 amide bonds. The van der Waals surface area contributed by atoms with Crippen LogP contribution in [0.1, 0.15) is 18.1 Å². The summed E-state index contributed by atoms with van der Waals surface area (Å²) in [5, 5.41) is 0. The fraction of sp³-hybridized carbons (Fsp3) is 0.500. The van der Waals surface area contributed by atoms with Crippen molar-refractivity contribution in [2.45, 2.75) is 26.3 Å². The lowest BCUT2D eigenvalue weighted by Gasteiger charge is -2.27. The summed E-state index contributed by atoms with van der Waals surface area (Å²) in [6.07, 6.45) is 1.05. The van der Waals surface area contributed by atoms with Gasteiger partial charge in [0.2, 0.25) is 0 Å². The molecule has 2 heteroatoms. The Hall–Kier alpha value is -1.02. The Bertz CT molecular complexity index is 333. The zero-order valence-corrected chi connectivity index (χ0v) is 8.79. The Labute approximate surface area is 85.1 Å². The molecule has 2 nitrogen and oxygen atoms in total. The third-order valence-electron chi connectivity index (χ3n) is 2.90. The molecule has 2 atom stereocenters. The first-order valence-electron chi connectivity index (χ1n) is 5.14. The minimum atomic E-state index is 0.212. The Morgan fingerprint density at radius 1 is 1.50 bits per heavy atom. The number of nitrogens with two attached hydrogens (primary N) is 1. The van der Waals surface area contributed by atoms with Crippen molar-refractivity contribution < 1.29 is 4.74 Å². The molecule has 1 heterocycles. The summed E-state index contributed by atoms with van der Waals surface area (Å²) in [4.78, 5) is 0. The predicted octanol–water partition coefficient (Wildman–Crippen LogP) is 1.89. The summed E-state index contributed by atoms with van der Waals surface area (Å²) in [5.41, 5.74) is 8.42. The molecule has 0 aliphatic carbocycles. The summed E-state index contributed by atoms with van der Waals surface area (Å²) in [6.45, 7) is 4.89. The first-order valence-corrected chi connectivity index (χ1v) is 5.14. The van der Waals surface area contributed by atoms with E-state index in [1.807, 2.05) is 6.92 Å². The minimum absolute atomic E-state index is 0.212. The highest BCUT2D eigenvalue weighted by atomic mass is 16.5. The molecule has 0 fully saturated rings. The van der Waals surface area contributed by atoms with Crippen LogP contribution >= 0.6 is 0 Å². The predicted molar refractivity (Wildman–Crippen MR) is 57.5 cm³/mol. The number of hydrogen-bond acceptors (Lipinski definition) is 2. The number of fused-ring (bicyclic) bond motifs is 1. The van der Waals surface area contributed by atoms with Gasteiger partial charge in [0, 0.05) is 12.0 Å². The van der Waals surface area contributed by atoms with Gasteiger partial charge >= 0.3 is 0 Å². The van der Waals surface area contributed by atoms with Gasteiger partial charge in [-0.15, -0.1) is 0 Å². The number of hydrogen-bond donors (Lipinski definition) is 1. The number of rotatable bonds is 1. The van der Waals surface area contributed by atoms with Gasteiger partial charge in [-0.2, -0.15) is 0 Å². The van der Waals surface area contributed by atoms with Gasteiger partial charge in [0.15, 0.2) is 0 Å². The molecule has 0 saturated heterocycles. The molecule has 1 aliphatic heterocycles. The molecule has 1 aromatic carbocycles. The second-order valence-corrected chi connectivity index (χ2v) is 4.25. The fourth-order valence-corrected chi connectivity index (χ4v) is 1.84. The van der Waals surface area contributed by atoms with Crippen LogP contribution in [0.15, 0.2) is 18.2 Å². The summed E-state index contributed by atoms with van der Waals surface area (Å²) in [7, 11) is 0. The van der Waals surface area contributed by atoms with Gasteiger partial charge in [0.25, 0.3) is 0 Å². The van der Waals surface area contributed by atoms with E-state index in [0.29, 0.717) is 5.92 Å². The Morgan fingerprint density at radius 3 is 3.00 bits per heavy atom. The van der Waals surface area contributed by atoms with Crippen LogP contribution in [0.5, 0.6) is 5.75 Å². The summed E-state index contributed by atoms with van der Waals surface area (Å²) in [5.74, 6) is 1.51. The molecule has 1 aliphatic rings. The molecule has 14 heavy (non-hydrogen) atoms. The van der Waals surface area contributed by atoms with Crippen molar-refractivity contribution in [2.75, 3.05) is 6.61 Å². The minimum Gasteiger partial charge on any atom is -0.493 e. The van der Waals surface area contributed by atoms with Gasteiger partial charge in [-0.3, -0.25) is 0 Å². The molecule has 2 rings (SSSR count). The molecule has 0 aromatic heterocycles. The van der Waals surface area contributed by atoms with E-state index >= 15 is 0 Å². The average molecular weight is 191 g/mol. The average Bonchev–Trinajstić information content (AvgIpc) is 2.16. The standard InChI is InChI=1S/C12H17NO/c1-8-3-4-10-6-11(9(2)13)7-14-12(10)5-8/h3-5,9,11H,6-7,13H2,1-2H3/t9-,11?/m1/s1. The van der Waals surface area contributed by atoms with Crippen LogP contribution in [0, 0.1) is 12.8 Å². The Morgan fingerprint density at radius 2 is 2.29 bits per heavy atom. The second kappa shape index (κ2) is 3.62. The second-order valence-electron chi connectivity index (χ2n) is 4.25. The van der Waals surface area contributed by atoms with Gasteiger partial charge in [-0.05, 0) is 37.5 Å². The monoisotopic (exact) mass is 191 g/mol. The highest BCUT2D eigenvalue weighted by Gasteiger charge is 2.22. The maximum atomic E-state index is 5.87. The SMILES string of the molecule is Cc1ccc2c(c1)OCC([C@@H](C)N)C2. The van der Waals surface area contributed by atoms with Crippen LogP contribution in [0.25, 0.3) is 0 Å². The lowest BCUT2D eigenvalue weighted by molar-refractivity contribution is 0.204. The van der Waals surface area contributed by atoms with E-state index in [-0.39, 0.29) is 6.04 Å². The maximum Gasteiger partial charge on any atom is 0.122 e. The number of aryl methyl sites for hydroxylation is 1. The molecule has 1 aromatic rings. The van der Waals surface area contributed by atoms with Crippen molar-refractivity contribution in [3.8, 4) is 5.75 Å². The number of benzene rings is 1. The van der Waals surface area contributed by atoms with E-state index in [4.69, 9.17) is 10.5 Å². The van der Waals surface area contributed by atoms with Gasteiger partial charge in [-0.1, -0.05) is 12.1 Å². The van der Waals surface area contributed by atoms with Crippen molar-refractivity contribution in [3.63, 3.8) is 0 Å². The molecule has 1 unspecified atom stereocenters. The first kappa shape index (κ1) is 9.53. The summed E-state index contributed by atoms with van der Waals surface area (Å²) in [6, 6.07) is 6.60. The van der Waals surface area contributed by atoms with Gasteiger partial charge in [0.05, 0.1) is 6.61 Å². The van der Waals surface area contributed by atoms with E-state index in [2.05, 4.69) is 25.1 Å². The quantitative estimate of drug-likeness (QED) is 0.735. The maximum absolute atomic E-state index is 5.87. The van der Waals surface area contributed by atoms with Crippen LogP contribution in [0.2, 0.25) is 0 Å². The van der Waals surface area contributed by atoms with E-state index in [1.54, 1.807) is 0 Å². The van der Waals surface area contributed by atoms with Crippen LogP contribution in [-0.2, 0) is 6.42 Å². The molecule has 0 spiro atoms. The molecular formula is C12H17NO. The van der Waals surface area contributed by atoms with Crippen molar-refractivity contribution in [1.29, 1.82) is 0 Å². The lowest BCUT2D eigenvalue weighted by Crippen LogP contribution is -2.35. The number of ether oxygens (including phenoxy) is 1. The Balaban J connectivity index is 2.23. The first-order chi connectivity index (χ1) is 6.66. The van der Waals surface area contributed by atoms with Gasteiger partial charge in [-0.25, -0.2) is 0 Å². The molecule has 0 bridgehead atoms. The highest BCUT2D eigenvalue weighted by molar-refractivity contribution is 5.38. The third kappa shape index (κ3) is 1.75. The Kier molecular flexibility index (Phi) is 2.46. The van der Waals surface area contributed by atoms with E-state index in [0.717, 1.165) is 18.8 Å². The molecule has 0 radical (unpaired) electrons. The van der Waals surface area contributed by atoms with Gasteiger partial charge < -0.3 is 10.5 Å². The van der Waals surface area contributed by atoms with Crippen molar-refractivity contribution >= 4 is 0 Å². The fourth-order valence-electron chi connectivity index (χ4n) is 1.84.